The van der Waals surface area contributed by atoms with Crippen molar-refractivity contribution in [3.05, 3.63) is 103 Å². The average Bonchev–Trinajstić information content (AvgIpc) is 2.82. The van der Waals surface area contributed by atoms with Crippen LogP contribution in [-0.2, 0) is 0 Å². The summed E-state index contributed by atoms with van der Waals surface area (Å²) in [6.45, 7) is 0. The molecule has 34 heavy (non-hydrogen) atoms. The molecule has 0 heterocycles. The number of phenols is 2. The molecule has 4 aromatic carbocycles. The van der Waals surface area contributed by atoms with Gasteiger partial charge in [-0.05, 0) is 59.7 Å². The van der Waals surface area contributed by atoms with Crippen molar-refractivity contribution in [3.63, 3.8) is 0 Å². The quantitative estimate of drug-likeness (QED) is 0.219. The third-order valence-corrected chi connectivity index (χ3v) is 6.38. The van der Waals surface area contributed by atoms with E-state index >= 15 is 0 Å². The summed E-state index contributed by atoms with van der Waals surface area (Å²) >= 11 is 18.7. The maximum atomic E-state index is 10.1. The van der Waals surface area contributed by atoms with Crippen LogP contribution in [-0.4, -0.2) is 22.6 Å². The van der Waals surface area contributed by atoms with Crippen LogP contribution in [0.1, 0.15) is 11.1 Å². The monoisotopic (exact) mass is 616 g/mol. The third kappa shape index (κ3) is 5.88. The zero-order chi connectivity index (χ0) is 24.2. The number of aliphatic imine (C=N–C) groups is 2. The van der Waals surface area contributed by atoms with Gasteiger partial charge >= 0.3 is 0 Å². The van der Waals surface area contributed by atoms with Gasteiger partial charge in [0.25, 0.3) is 0 Å². The Bertz CT molecular complexity index is 1300. The summed E-state index contributed by atoms with van der Waals surface area (Å²) < 4.78 is 1.52. The first-order valence-corrected chi connectivity index (χ1v) is 12.3. The van der Waals surface area contributed by atoms with Gasteiger partial charge in [0.1, 0.15) is 11.5 Å². The van der Waals surface area contributed by atoms with Crippen LogP contribution in [0, 0.1) is 0 Å². The predicted octanol–water partition coefficient (Wildman–Crippen LogP) is 9.10. The van der Waals surface area contributed by atoms with Crippen molar-refractivity contribution in [1.82, 2.24) is 0 Å². The van der Waals surface area contributed by atoms with E-state index in [-0.39, 0.29) is 21.5 Å². The summed E-state index contributed by atoms with van der Waals surface area (Å²) in [6.07, 6.45) is 3.15. The molecule has 0 aliphatic carbocycles. The fraction of sp³-hybridized carbons (Fsp3) is 0. The Hall–Kier alpha value is -2.64. The van der Waals surface area contributed by atoms with Gasteiger partial charge < -0.3 is 10.2 Å². The van der Waals surface area contributed by atoms with Gasteiger partial charge in [-0.15, -0.1) is 0 Å². The van der Waals surface area contributed by atoms with Crippen LogP contribution in [0.15, 0.2) is 91.7 Å². The number of hydrogen-bond donors (Lipinski definition) is 2. The molecule has 170 valence electrons. The number of rotatable bonds is 5. The van der Waals surface area contributed by atoms with Crippen molar-refractivity contribution >= 4 is 78.9 Å². The van der Waals surface area contributed by atoms with Gasteiger partial charge in [-0.25, -0.2) is 0 Å². The van der Waals surface area contributed by atoms with E-state index in [0.29, 0.717) is 11.1 Å². The van der Waals surface area contributed by atoms with Gasteiger partial charge in [0.05, 0.1) is 21.4 Å². The number of nitrogens with zero attached hydrogens (tertiary/aromatic N) is 2. The molecule has 8 heteroatoms. The highest BCUT2D eigenvalue weighted by Gasteiger charge is 2.07. The lowest BCUT2D eigenvalue weighted by Gasteiger charge is -2.05. The van der Waals surface area contributed by atoms with E-state index in [0.717, 1.165) is 31.4 Å². The summed E-state index contributed by atoms with van der Waals surface area (Å²) in [5, 5.41) is 20.7. The second-order valence-electron chi connectivity index (χ2n) is 7.26. The van der Waals surface area contributed by atoms with Crippen molar-refractivity contribution in [2.24, 2.45) is 9.98 Å². The topological polar surface area (TPSA) is 65.2 Å². The van der Waals surface area contributed by atoms with Crippen LogP contribution in [0.25, 0.3) is 11.1 Å². The van der Waals surface area contributed by atoms with Gasteiger partial charge in [-0.3, -0.25) is 9.98 Å². The first-order valence-electron chi connectivity index (χ1n) is 9.95. The molecule has 0 amide bonds. The summed E-state index contributed by atoms with van der Waals surface area (Å²) in [4.78, 5) is 8.85. The van der Waals surface area contributed by atoms with Crippen LogP contribution >= 0.6 is 55.1 Å². The largest absolute Gasteiger partial charge is 0.506 e. The lowest BCUT2D eigenvalue weighted by atomic mass is 10.1. The number of aromatic hydroxyl groups is 2. The molecule has 0 spiro atoms. The fourth-order valence-electron chi connectivity index (χ4n) is 3.14. The van der Waals surface area contributed by atoms with E-state index in [1.165, 1.54) is 0 Å². The van der Waals surface area contributed by atoms with Gasteiger partial charge in [0.15, 0.2) is 0 Å². The molecule has 2 N–H and O–H groups in total. The van der Waals surface area contributed by atoms with Gasteiger partial charge in [0.2, 0.25) is 0 Å². The molecule has 0 aliphatic heterocycles. The second-order valence-corrected chi connectivity index (χ2v) is 9.91. The Labute approximate surface area is 223 Å². The van der Waals surface area contributed by atoms with Gasteiger partial charge in [-0.2, -0.15) is 0 Å². The van der Waals surface area contributed by atoms with Crippen molar-refractivity contribution in [1.29, 1.82) is 0 Å². The van der Waals surface area contributed by atoms with E-state index in [9.17, 15) is 10.2 Å². The molecule has 0 radical (unpaired) electrons. The van der Waals surface area contributed by atoms with Gasteiger partial charge in [-0.1, -0.05) is 79.3 Å². The Morgan fingerprint density at radius 2 is 0.941 bits per heavy atom. The van der Waals surface area contributed by atoms with E-state index in [1.807, 2.05) is 48.5 Å². The van der Waals surface area contributed by atoms with Crippen LogP contribution in [0.3, 0.4) is 0 Å². The van der Waals surface area contributed by atoms with E-state index in [4.69, 9.17) is 23.2 Å². The van der Waals surface area contributed by atoms with Crippen LogP contribution in [0.4, 0.5) is 11.4 Å². The number of halogens is 4. The maximum absolute atomic E-state index is 10.1. The number of hydrogen-bond acceptors (Lipinski definition) is 4. The molecular formula is C26H16Br2Cl2N2O2. The molecule has 0 aliphatic rings. The highest BCUT2D eigenvalue weighted by atomic mass is 79.9. The van der Waals surface area contributed by atoms with Crippen molar-refractivity contribution < 1.29 is 10.2 Å². The van der Waals surface area contributed by atoms with Crippen molar-refractivity contribution in [3.8, 4) is 22.6 Å². The molecule has 0 aromatic heterocycles. The Morgan fingerprint density at radius 3 is 1.29 bits per heavy atom. The van der Waals surface area contributed by atoms with Crippen LogP contribution in [0.5, 0.6) is 11.5 Å². The van der Waals surface area contributed by atoms with E-state index in [2.05, 4.69) is 41.8 Å². The Morgan fingerprint density at radius 1 is 0.588 bits per heavy atom. The van der Waals surface area contributed by atoms with Crippen molar-refractivity contribution in [2.75, 3.05) is 0 Å². The zero-order valence-electron chi connectivity index (χ0n) is 17.4. The predicted molar refractivity (Wildman–Crippen MR) is 148 cm³/mol. The molecule has 4 rings (SSSR count). The molecule has 4 aromatic rings. The van der Waals surface area contributed by atoms with E-state index in [1.54, 1.807) is 36.7 Å². The van der Waals surface area contributed by atoms with Crippen LogP contribution in [0.2, 0.25) is 10.0 Å². The third-order valence-electron chi connectivity index (χ3n) is 4.89. The molecule has 0 bridgehead atoms. The molecule has 4 nitrogen and oxygen atoms in total. The van der Waals surface area contributed by atoms with Gasteiger partial charge in [0, 0.05) is 32.5 Å². The normalized spacial score (nSPS) is 11.5. The molecule has 0 fully saturated rings. The summed E-state index contributed by atoms with van der Waals surface area (Å²) in [6, 6.07) is 22.2. The average molecular weight is 619 g/mol. The minimum absolute atomic E-state index is 0.00815. The Balaban J connectivity index is 1.48. The summed E-state index contributed by atoms with van der Waals surface area (Å²) in [5.41, 5.74) is 4.59. The van der Waals surface area contributed by atoms with Crippen molar-refractivity contribution in [2.45, 2.75) is 0 Å². The highest BCUT2D eigenvalue weighted by Crippen LogP contribution is 2.32. The number of benzene rings is 4. The van der Waals surface area contributed by atoms with Crippen LogP contribution < -0.4 is 0 Å². The SMILES string of the molecule is Oc1c(Cl)cc(Br)cc1C=Nc1ccc(-c2ccc(N=Cc3cc(Br)cc(Cl)c3O)cc2)cc1. The smallest absolute Gasteiger partial charge is 0.143 e. The minimum Gasteiger partial charge on any atom is -0.506 e. The Kier molecular flexibility index (Phi) is 7.73. The second kappa shape index (κ2) is 10.7. The molecule has 0 saturated heterocycles. The summed E-state index contributed by atoms with van der Waals surface area (Å²) in [7, 11) is 0. The first kappa shape index (κ1) is 24.5. The molecular weight excluding hydrogens is 603 g/mol. The lowest BCUT2D eigenvalue weighted by molar-refractivity contribution is 0.474. The summed E-state index contributed by atoms with van der Waals surface area (Å²) in [5.74, 6) is -0.0163. The standard InChI is InChI=1S/C26H16Br2Cl2N2O2/c27-19-9-17(25(33)23(29)11-19)13-31-21-5-1-15(2-6-21)16-3-7-22(8-4-16)32-14-18-10-20(28)12-24(30)26(18)34/h1-14,33-34H. The maximum Gasteiger partial charge on any atom is 0.143 e. The molecule has 0 unspecified atom stereocenters. The molecule has 0 saturated carbocycles. The highest BCUT2D eigenvalue weighted by molar-refractivity contribution is 9.10. The fourth-order valence-corrected chi connectivity index (χ4v) is 4.80. The lowest BCUT2D eigenvalue weighted by Crippen LogP contribution is -1.84. The van der Waals surface area contributed by atoms with E-state index < -0.39 is 0 Å². The molecule has 0 atom stereocenters. The number of phenolic OH excluding ortho intramolecular Hbond substituents is 2. The zero-order valence-corrected chi connectivity index (χ0v) is 22.1. The first-order chi connectivity index (χ1) is 16.3. The minimum atomic E-state index is -0.00815.